The summed E-state index contributed by atoms with van der Waals surface area (Å²) in [4.78, 5) is 7.12. The van der Waals surface area contributed by atoms with Crippen LogP contribution in [0.4, 0.5) is 11.5 Å². The summed E-state index contributed by atoms with van der Waals surface area (Å²) < 4.78 is 0. The Morgan fingerprint density at radius 3 is 2.92 bits per heavy atom. The van der Waals surface area contributed by atoms with Gasteiger partial charge in [-0.25, -0.2) is 4.98 Å². The number of anilines is 2. The Labute approximate surface area is 142 Å². The lowest BCUT2D eigenvalue weighted by molar-refractivity contribution is 0.753. The first kappa shape index (κ1) is 15.0. The highest BCUT2D eigenvalue weighted by Crippen LogP contribution is 2.35. The molecule has 5 nitrogen and oxygen atoms in total. The number of aromatic nitrogens is 3. The molecule has 0 saturated heterocycles. The van der Waals surface area contributed by atoms with Gasteiger partial charge >= 0.3 is 0 Å². The van der Waals surface area contributed by atoms with Crippen molar-refractivity contribution in [1.29, 1.82) is 0 Å². The van der Waals surface area contributed by atoms with Crippen LogP contribution in [0.15, 0.2) is 36.4 Å². The maximum atomic E-state index is 4.69. The summed E-state index contributed by atoms with van der Waals surface area (Å²) in [5.74, 6) is 0.907. The Kier molecular flexibility index (Phi) is 3.84. The molecule has 1 aromatic carbocycles. The number of hydrogen-bond acceptors (Lipinski definition) is 4. The Morgan fingerprint density at radius 1 is 1.29 bits per heavy atom. The molecule has 1 aliphatic heterocycles. The van der Waals surface area contributed by atoms with E-state index in [4.69, 9.17) is 0 Å². The van der Waals surface area contributed by atoms with Gasteiger partial charge < -0.3 is 10.2 Å². The van der Waals surface area contributed by atoms with Gasteiger partial charge in [0.2, 0.25) is 0 Å². The molecule has 0 radical (unpaired) electrons. The van der Waals surface area contributed by atoms with Gasteiger partial charge in [-0.05, 0) is 18.9 Å². The predicted octanol–water partition coefficient (Wildman–Crippen LogP) is 3.73. The molecule has 0 saturated carbocycles. The molecule has 0 spiro atoms. The minimum atomic E-state index is 0.395. The van der Waals surface area contributed by atoms with Gasteiger partial charge in [-0.15, -0.1) is 0 Å². The van der Waals surface area contributed by atoms with Crippen LogP contribution in [0.2, 0.25) is 0 Å². The predicted molar refractivity (Wildman–Crippen MR) is 98.5 cm³/mol. The molecule has 1 atom stereocenters. The molecule has 1 unspecified atom stereocenters. The molecule has 4 rings (SSSR count). The lowest BCUT2D eigenvalue weighted by Crippen LogP contribution is -2.28. The van der Waals surface area contributed by atoms with Gasteiger partial charge in [0.1, 0.15) is 5.82 Å². The van der Waals surface area contributed by atoms with Gasteiger partial charge in [-0.2, -0.15) is 5.10 Å². The number of rotatable bonds is 5. The smallest absolute Gasteiger partial charge is 0.185 e. The van der Waals surface area contributed by atoms with Crippen LogP contribution in [0, 0.1) is 0 Å². The number of H-pyrrole nitrogens is 1. The van der Waals surface area contributed by atoms with E-state index in [0.29, 0.717) is 6.04 Å². The lowest BCUT2D eigenvalue weighted by atomic mass is 10.1. The first-order valence-electron chi connectivity index (χ1n) is 8.68. The summed E-state index contributed by atoms with van der Waals surface area (Å²) in [6.45, 7) is 6.25. The normalized spacial score (nSPS) is 14.8. The monoisotopic (exact) mass is 321 g/mol. The quantitative estimate of drug-likeness (QED) is 0.752. The zero-order chi connectivity index (χ0) is 16.5. The fraction of sp³-hybridized carbons (Fsp3) is 0.368. The average molecular weight is 321 g/mol. The highest BCUT2D eigenvalue weighted by atomic mass is 15.2. The second-order valence-electron chi connectivity index (χ2n) is 6.54. The molecular formula is C19H23N5. The Morgan fingerprint density at radius 2 is 2.12 bits per heavy atom. The van der Waals surface area contributed by atoms with Gasteiger partial charge in [0.15, 0.2) is 5.65 Å². The molecule has 3 aromatic rings. The van der Waals surface area contributed by atoms with Crippen LogP contribution in [0.5, 0.6) is 0 Å². The summed E-state index contributed by atoms with van der Waals surface area (Å²) in [6.07, 6.45) is 2.05. The van der Waals surface area contributed by atoms with Gasteiger partial charge in [-0.1, -0.05) is 37.3 Å². The Bertz CT molecular complexity index is 840. The molecule has 0 fully saturated rings. The van der Waals surface area contributed by atoms with E-state index in [0.717, 1.165) is 37.4 Å². The largest absolute Gasteiger partial charge is 0.367 e. The third-order valence-corrected chi connectivity index (χ3v) is 4.77. The van der Waals surface area contributed by atoms with Crippen LogP contribution >= 0.6 is 0 Å². The number of aromatic amines is 1. The highest BCUT2D eigenvalue weighted by Gasteiger charge is 2.23. The molecule has 2 aromatic heterocycles. The SMILES string of the molecule is CCC(C)Nc1cc2c3c([nH]nc3n1)CCN2Cc1ccccc1. The van der Waals surface area contributed by atoms with E-state index in [1.165, 1.54) is 22.3 Å². The van der Waals surface area contributed by atoms with Crippen LogP contribution < -0.4 is 10.2 Å². The number of nitrogens with one attached hydrogen (secondary N) is 2. The van der Waals surface area contributed by atoms with Crippen LogP contribution in [0.1, 0.15) is 31.5 Å². The zero-order valence-electron chi connectivity index (χ0n) is 14.2. The maximum Gasteiger partial charge on any atom is 0.185 e. The lowest BCUT2D eigenvalue weighted by Gasteiger charge is -2.29. The molecule has 5 heteroatoms. The van der Waals surface area contributed by atoms with Crippen LogP contribution in [-0.4, -0.2) is 27.8 Å². The summed E-state index contributed by atoms with van der Waals surface area (Å²) in [5, 5.41) is 12.2. The van der Waals surface area contributed by atoms with Gasteiger partial charge in [0.05, 0.1) is 11.1 Å². The van der Waals surface area contributed by atoms with Crippen molar-refractivity contribution in [3.63, 3.8) is 0 Å². The van der Waals surface area contributed by atoms with E-state index < -0.39 is 0 Å². The molecule has 24 heavy (non-hydrogen) atoms. The Balaban J connectivity index is 1.73. The number of benzene rings is 1. The zero-order valence-corrected chi connectivity index (χ0v) is 14.2. The fourth-order valence-corrected chi connectivity index (χ4v) is 3.26. The minimum Gasteiger partial charge on any atom is -0.367 e. The Hall–Kier alpha value is -2.56. The van der Waals surface area contributed by atoms with E-state index in [-0.39, 0.29) is 0 Å². The van der Waals surface area contributed by atoms with Crippen molar-refractivity contribution in [2.24, 2.45) is 0 Å². The third-order valence-electron chi connectivity index (χ3n) is 4.77. The fourth-order valence-electron chi connectivity index (χ4n) is 3.26. The minimum absolute atomic E-state index is 0.395. The molecule has 0 amide bonds. The van der Waals surface area contributed by atoms with Crippen LogP contribution in [0.25, 0.3) is 11.0 Å². The topological polar surface area (TPSA) is 56.8 Å². The molecular weight excluding hydrogens is 298 g/mol. The molecule has 0 aliphatic carbocycles. The van der Waals surface area contributed by atoms with E-state index >= 15 is 0 Å². The van der Waals surface area contributed by atoms with Gasteiger partial charge in [0.25, 0.3) is 0 Å². The van der Waals surface area contributed by atoms with Crippen LogP contribution in [0.3, 0.4) is 0 Å². The van der Waals surface area contributed by atoms with E-state index in [9.17, 15) is 0 Å². The second-order valence-corrected chi connectivity index (χ2v) is 6.54. The second kappa shape index (κ2) is 6.15. The molecule has 1 aliphatic rings. The van der Waals surface area contributed by atoms with Crippen molar-refractivity contribution in [2.45, 2.75) is 39.3 Å². The van der Waals surface area contributed by atoms with Crippen molar-refractivity contribution < 1.29 is 0 Å². The van der Waals surface area contributed by atoms with Crippen LogP contribution in [-0.2, 0) is 13.0 Å². The van der Waals surface area contributed by atoms with E-state index in [2.05, 4.69) is 75.6 Å². The molecule has 0 bridgehead atoms. The highest BCUT2D eigenvalue weighted by molar-refractivity contribution is 5.94. The summed E-state index contributed by atoms with van der Waals surface area (Å²) >= 11 is 0. The van der Waals surface area contributed by atoms with Crippen molar-refractivity contribution in [2.75, 3.05) is 16.8 Å². The van der Waals surface area contributed by atoms with E-state index in [1.807, 2.05) is 0 Å². The average Bonchev–Trinajstić information content (AvgIpc) is 3.02. The number of pyridine rings is 1. The van der Waals surface area contributed by atoms with Crippen molar-refractivity contribution in [3.05, 3.63) is 47.7 Å². The number of hydrogen-bond donors (Lipinski definition) is 2. The number of nitrogens with zero attached hydrogens (tertiary/aromatic N) is 3. The standard InChI is InChI=1S/C19H23N5/c1-3-13(2)20-17-11-16-18-15(22-23-19(18)21-17)9-10-24(16)12-14-7-5-4-6-8-14/h4-8,11,13H,3,9-10,12H2,1-2H3,(H2,20,21,22,23). The molecule has 2 N–H and O–H groups in total. The van der Waals surface area contributed by atoms with Crippen molar-refractivity contribution in [1.82, 2.24) is 15.2 Å². The summed E-state index contributed by atoms with van der Waals surface area (Å²) in [5.41, 5.74) is 4.56. The molecule has 124 valence electrons. The summed E-state index contributed by atoms with van der Waals surface area (Å²) in [6, 6.07) is 13.2. The van der Waals surface area contributed by atoms with Crippen molar-refractivity contribution >= 4 is 22.5 Å². The van der Waals surface area contributed by atoms with E-state index in [1.54, 1.807) is 0 Å². The first-order valence-corrected chi connectivity index (χ1v) is 8.68. The van der Waals surface area contributed by atoms with Gasteiger partial charge in [-0.3, -0.25) is 5.10 Å². The van der Waals surface area contributed by atoms with Crippen molar-refractivity contribution in [3.8, 4) is 0 Å². The summed E-state index contributed by atoms with van der Waals surface area (Å²) in [7, 11) is 0. The maximum absolute atomic E-state index is 4.69. The first-order chi connectivity index (χ1) is 11.7. The third kappa shape index (κ3) is 2.70. The van der Waals surface area contributed by atoms with Gasteiger partial charge in [0, 0.05) is 37.3 Å². The molecule has 3 heterocycles.